The summed E-state index contributed by atoms with van der Waals surface area (Å²) in [4.78, 5) is 2.06. The minimum absolute atomic E-state index is 0.254. The highest BCUT2D eigenvalue weighted by atomic mass is 19.1. The van der Waals surface area contributed by atoms with E-state index >= 15 is 0 Å². The Labute approximate surface area is 125 Å². The molecule has 1 heterocycles. The summed E-state index contributed by atoms with van der Waals surface area (Å²) in [6.45, 7) is 2.54. The number of halogens is 1. The molecule has 1 atom stereocenters. The molecule has 0 spiro atoms. The van der Waals surface area contributed by atoms with Crippen molar-refractivity contribution in [3.63, 3.8) is 0 Å². The topological polar surface area (TPSA) is 58.7 Å². The second kappa shape index (κ2) is 7.31. The van der Waals surface area contributed by atoms with Gasteiger partial charge in [0.25, 0.3) is 0 Å². The van der Waals surface area contributed by atoms with Gasteiger partial charge in [-0.3, -0.25) is 0 Å². The van der Waals surface area contributed by atoms with E-state index in [0.29, 0.717) is 44.6 Å². The van der Waals surface area contributed by atoms with Crippen LogP contribution in [0.25, 0.3) is 0 Å². The summed E-state index contributed by atoms with van der Waals surface area (Å²) < 4.78 is 18.9. The van der Waals surface area contributed by atoms with Crippen molar-refractivity contribution in [3.8, 4) is 0 Å². The smallest absolute Gasteiger partial charge is 0.127 e. The van der Waals surface area contributed by atoms with E-state index in [4.69, 9.17) is 10.5 Å². The maximum Gasteiger partial charge on any atom is 0.127 e. The zero-order valence-electron chi connectivity index (χ0n) is 12.6. The fourth-order valence-electron chi connectivity index (χ4n) is 2.78. The summed E-state index contributed by atoms with van der Waals surface area (Å²) in [6, 6.07) is 6.30. The predicted octanol–water partition coefficient (Wildman–Crippen LogP) is 1.69. The summed E-state index contributed by atoms with van der Waals surface area (Å²) in [6.07, 6.45) is 1.98. The Morgan fingerprint density at radius 3 is 2.71 bits per heavy atom. The predicted molar refractivity (Wildman–Crippen MR) is 80.4 cm³/mol. The molecular formula is C16H25FN2O2. The zero-order chi connectivity index (χ0) is 15.3. The Hall–Kier alpha value is -1.01. The number of rotatable bonds is 6. The summed E-state index contributed by atoms with van der Waals surface area (Å²) >= 11 is 0. The Bertz CT molecular complexity index is 450. The molecule has 1 aliphatic rings. The van der Waals surface area contributed by atoms with E-state index in [1.165, 1.54) is 6.07 Å². The van der Waals surface area contributed by atoms with Crippen LogP contribution >= 0.6 is 0 Å². The maximum absolute atomic E-state index is 13.7. The van der Waals surface area contributed by atoms with Crippen molar-refractivity contribution in [2.24, 2.45) is 5.73 Å². The third-order valence-corrected chi connectivity index (χ3v) is 4.11. The van der Waals surface area contributed by atoms with Crippen molar-refractivity contribution < 1.29 is 14.2 Å². The van der Waals surface area contributed by atoms with Crippen molar-refractivity contribution in [1.82, 2.24) is 4.90 Å². The fraction of sp³-hybridized carbons (Fsp3) is 0.625. The van der Waals surface area contributed by atoms with E-state index in [1.54, 1.807) is 18.2 Å². The zero-order valence-corrected chi connectivity index (χ0v) is 12.6. The van der Waals surface area contributed by atoms with Gasteiger partial charge in [-0.25, -0.2) is 4.39 Å². The van der Waals surface area contributed by atoms with Crippen molar-refractivity contribution in [2.75, 3.05) is 33.4 Å². The summed E-state index contributed by atoms with van der Waals surface area (Å²) in [5.74, 6) is -0.254. The molecular weight excluding hydrogens is 271 g/mol. The molecule has 118 valence electrons. The largest absolute Gasteiger partial charge is 0.388 e. The van der Waals surface area contributed by atoms with Gasteiger partial charge in [0.1, 0.15) is 5.82 Å². The second-order valence-electron chi connectivity index (χ2n) is 5.99. The number of benzene rings is 1. The van der Waals surface area contributed by atoms with Gasteiger partial charge in [0.15, 0.2) is 0 Å². The van der Waals surface area contributed by atoms with Gasteiger partial charge in [-0.15, -0.1) is 0 Å². The molecule has 0 bridgehead atoms. The molecule has 1 aliphatic heterocycles. The Balaban J connectivity index is 1.81. The Morgan fingerprint density at radius 2 is 2.05 bits per heavy atom. The van der Waals surface area contributed by atoms with Gasteiger partial charge in [-0.2, -0.15) is 0 Å². The monoisotopic (exact) mass is 296 g/mol. The first-order chi connectivity index (χ1) is 10.0. The summed E-state index contributed by atoms with van der Waals surface area (Å²) in [5, 5.41) is 10.5. The highest BCUT2D eigenvalue weighted by Crippen LogP contribution is 2.22. The number of nitrogens with zero attached hydrogens (tertiary/aromatic N) is 1. The molecule has 5 heteroatoms. The minimum atomic E-state index is -0.672. The number of hydrogen-bond donors (Lipinski definition) is 2. The molecule has 1 unspecified atom stereocenters. The first-order valence-electron chi connectivity index (χ1n) is 7.49. The highest BCUT2D eigenvalue weighted by molar-refractivity contribution is 5.20. The van der Waals surface area contributed by atoms with Gasteiger partial charge >= 0.3 is 0 Å². The van der Waals surface area contributed by atoms with Crippen LogP contribution in [0.15, 0.2) is 24.3 Å². The van der Waals surface area contributed by atoms with E-state index in [2.05, 4.69) is 4.90 Å². The lowest BCUT2D eigenvalue weighted by atomic mass is 9.93. The molecule has 0 aromatic heterocycles. The number of likely N-dealkylation sites (N-methyl/N-ethyl adjacent to an activating group) is 1. The van der Waals surface area contributed by atoms with Gasteiger partial charge in [-0.1, -0.05) is 18.2 Å². The van der Waals surface area contributed by atoms with Crippen molar-refractivity contribution in [1.29, 1.82) is 0 Å². The molecule has 1 aromatic carbocycles. The van der Waals surface area contributed by atoms with Gasteiger partial charge < -0.3 is 20.5 Å². The minimum Gasteiger partial charge on any atom is -0.388 e. The molecule has 1 saturated heterocycles. The van der Waals surface area contributed by atoms with Crippen molar-refractivity contribution in [2.45, 2.75) is 30.9 Å². The molecule has 1 fully saturated rings. The van der Waals surface area contributed by atoms with E-state index in [-0.39, 0.29) is 11.9 Å². The molecule has 0 amide bonds. The molecule has 21 heavy (non-hydrogen) atoms. The van der Waals surface area contributed by atoms with Gasteiger partial charge in [-0.05, 0) is 26.1 Å². The number of aliphatic hydroxyl groups is 1. The van der Waals surface area contributed by atoms with Crippen LogP contribution in [-0.4, -0.2) is 49.0 Å². The van der Waals surface area contributed by atoms with Gasteiger partial charge in [0, 0.05) is 44.2 Å². The lowest BCUT2D eigenvalue weighted by Crippen LogP contribution is -2.46. The fourth-order valence-corrected chi connectivity index (χ4v) is 2.78. The molecule has 4 nitrogen and oxygen atoms in total. The molecule has 0 aliphatic carbocycles. The summed E-state index contributed by atoms with van der Waals surface area (Å²) in [7, 11) is 1.96. The molecule has 2 rings (SSSR count). The SMILES string of the molecule is CN(CCC(N)c1ccccc1F)CC1(O)CCOCC1. The molecule has 1 aromatic rings. The normalized spacial score (nSPS) is 19.7. The van der Waals surface area contributed by atoms with Crippen LogP contribution in [0.3, 0.4) is 0 Å². The van der Waals surface area contributed by atoms with Crippen LogP contribution in [0.4, 0.5) is 4.39 Å². The van der Waals surface area contributed by atoms with E-state index in [1.807, 2.05) is 7.05 Å². The van der Waals surface area contributed by atoms with Crippen LogP contribution in [-0.2, 0) is 4.74 Å². The lowest BCUT2D eigenvalue weighted by Gasteiger charge is -2.35. The first kappa shape index (κ1) is 16.4. The lowest BCUT2D eigenvalue weighted by molar-refractivity contribution is -0.0770. The Morgan fingerprint density at radius 1 is 1.38 bits per heavy atom. The van der Waals surface area contributed by atoms with Crippen LogP contribution in [0, 0.1) is 5.82 Å². The number of nitrogens with two attached hydrogens (primary N) is 1. The molecule has 0 saturated carbocycles. The summed E-state index contributed by atoms with van der Waals surface area (Å²) in [5.41, 5.74) is 5.94. The van der Waals surface area contributed by atoms with Gasteiger partial charge in [0.05, 0.1) is 5.60 Å². The Kier molecular flexibility index (Phi) is 5.70. The van der Waals surface area contributed by atoms with E-state index in [0.717, 1.165) is 6.54 Å². The van der Waals surface area contributed by atoms with Crippen LogP contribution in [0.1, 0.15) is 30.9 Å². The van der Waals surface area contributed by atoms with Crippen molar-refractivity contribution in [3.05, 3.63) is 35.6 Å². The standard InChI is InChI=1S/C16H25FN2O2/c1-19(12-16(20)7-10-21-11-8-16)9-6-15(18)13-4-2-3-5-14(13)17/h2-5,15,20H,6-12,18H2,1H3. The third kappa shape index (κ3) is 4.74. The average Bonchev–Trinajstić information content (AvgIpc) is 2.45. The van der Waals surface area contributed by atoms with Crippen molar-refractivity contribution >= 4 is 0 Å². The van der Waals surface area contributed by atoms with Crippen LogP contribution in [0.5, 0.6) is 0 Å². The van der Waals surface area contributed by atoms with Gasteiger partial charge in [0.2, 0.25) is 0 Å². The third-order valence-electron chi connectivity index (χ3n) is 4.11. The first-order valence-corrected chi connectivity index (χ1v) is 7.49. The highest BCUT2D eigenvalue weighted by Gasteiger charge is 2.30. The van der Waals surface area contributed by atoms with Crippen LogP contribution < -0.4 is 5.73 Å². The maximum atomic E-state index is 13.7. The second-order valence-corrected chi connectivity index (χ2v) is 5.99. The quantitative estimate of drug-likeness (QED) is 0.839. The molecule has 3 N–H and O–H groups in total. The van der Waals surface area contributed by atoms with Crippen LogP contribution in [0.2, 0.25) is 0 Å². The average molecular weight is 296 g/mol. The van der Waals surface area contributed by atoms with E-state index < -0.39 is 5.60 Å². The van der Waals surface area contributed by atoms with E-state index in [9.17, 15) is 9.50 Å². The number of hydrogen-bond acceptors (Lipinski definition) is 4. The number of ether oxygens (including phenoxy) is 1. The molecule has 0 radical (unpaired) electrons.